The second-order valence-electron chi connectivity index (χ2n) is 9.54. The molecule has 6 rings (SSSR count). The number of para-hydroxylation sites is 1. The van der Waals surface area contributed by atoms with Gasteiger partial charge in [-0.2, -0.15) is 0 Å². The Balaban J connectivity index is 1.34. The molecule has 2 heterocycles. The predicted molar refractivity (Wildman–Crippen MR) is 149 cm³/mol. The molecule has 0 saturated carbocycles. The van der Waals surface area contributed by atoms with E-state index in [0.29, 0.717) is 58.3 Å². The fourth-order valence-electron chi connectivity index (χ4n) is 5.14. The number of halogens is 1. The van der Waals surface area contributed by atoms with Gasteiger partial charge < -0.3 is 14.7 Å². The zero-order valence-corrected chi connectivity index (χ0v) is 21.9. The van der Waals surface area contributed by atoms with Crippen molar-refractivity contribution in [3.8, 4) is 0 Å². The monoisotopic (exact) mass is 539 g/mol. The van der Waals surface area contributed by atoms with E-state index in [0.717, 1.165) is 5.69 Å². The Labute approximate surface area is 228 Å². The standard InChI is InChI=1S/C31H26FN3O3S/c32-26-12-6-4-8-23(26)21-35-27-20-22(14-15-29(27)39(38)28-13-7-5-11-25(28)31(35)37)30(36)34-18-16-33(17-19-34)24-9-2-1-3-10-24/h1-15,20H,16-19,21H2/t39-/m0/s1. The molecule has 0 N–H and O–H groups in total. The van der Waals surface area contributed by atoms with Gasteiger partial charge in [-0.05, 0) is 48.5 Å². The van der Waals surface area contributed by atoms with E-state index in [1.165, 1.54) is 11.0 Å². The van der Waals surface area contributed by atoms with Crippen molar-refractivity contribution in [3.63, 3.8) is 0 Å². The first-order chi connectivity index (χ1) is 19.0. The number of hydrogen-bond donors (Lipinski definition) is 0. The molecule has 0 spiro atoms. The fourth-order valence-corrected chi connectivity index (χ4v) is 6.48. The van der Waals surface area contributed by atoms with E-state index in [1.54, 1.807) is 65.6 Å². The molecule has 0 aliphatic carbocycles. The molecule has 6 nitrogen and oxygen atoms in total. The first kappa shape index (κ1) is 25.0. The summed E-state index contributed by atoms with van der Waals surface area (Å²) in [4.78, 5) is 33.7. The number of amides is 2. The minimum absolute atomic E-state index is 0.0581. The third kappa shape index (κ3) is 4.72. The lowest BCUT2D eigenvalue weighted by molar-refractivity contribution is 0.0746. The van der Waals surface area contributed by atoms with Gasteiger partial charge in [-0.1, -0.05) is 48.5 Å². The van der Waals surface area contributed by atoms with Crippen LogP contribution in [0, 0.1) is 5.82 Å². The zero-order chi connectivity index (χ0) is 26.9. The Kier molecular flexibility index (Phi) is 6.70. The first-order valence-corrected chi connectivity index (χ1v) is 14.0. The molecule has 2 aliphatic rings. The van der Waals surface area contributed by atoms with Crippen molar-refractivity contribution < 1.29 is 18.2 Å². The van der Waals surface area contributed by atoms with Crippen molar-refractivity contribution in [3.05, 3.63) is 120 Å². The molecule has 2 aliphatic heterocycles. The highest BCUT2D eigenvalue weighted by Gasteiger charge is 2.32. The van der Waals surface area contributed by atoms with Crippen molar-refractivity contribution in [2.45, 2.75) is 16.3 Å². The number of anilines is 2. The van der Waals surface area contributed by atoms with Gasteiger partial charge >= 0.3 is 0 Å². The number of carbonyl (C=O) groups is 2. The molecule has 0 bridgehead atoms. The molecule has 2 amide bonds. The van der Waals surface area contributed by atoms with Crippen molar-refractivity contribution in [1.29, 1.82) is 0 Å². The fraction of sp³-hybridized carbons (Fsp3) is 0.161. The Morgan fingerprint density at radius 2 is 1.49 bits per heavy atom. The van der Waals surface area contributed by atoms with E-state index in [-0.39, 0.29) is 18.4 Å². The molecule has 1 saturated heterocycles. The predicted octanol–water partition coefficient (Wildman–Crippen LogP) is 5.12. The van der Waals surface area contributed by atoms with E-state index in [1.807, 2.05) is 18.2 Å². The molecule has 196 valence electrons. The lowest BCUT2D eigenvalue weighted by Crippen LogP contribution is -2.48. The summed E-state index contributed by atoms with van der Waals surface area (Å²) in [5, 5.41) is 0. The molecule has 0 aromatic heterocycles. The minimum atomic E-state index is -1.65. The summed E-state index contributed by atoms with van der Waals surface area (Å²) in [5.41, 5.74) is 2.51. The first-order valence-electron chi connectivity index (χ1n) is 12.8. The van der Waals surface area contributed by atoms with Crippen LogP contribution < -0.4 is 9.80 Å². The highest BCUT2D eigenvalue weighted by atomic mass is 32.2. The van der Waals surface area contributed by atoms with Gasteiger partial charge in [0, 0.05) is 43.0 Å². The van der Waals surface area contributed by atoms with Gasteiger partial charge in [-0.25, -0.2) is 8.60 Å². The second-order valence-corrected chi connectivity index (χ2v) is 11.0. The average molecular weight is 540 g/mol. The minimum Gasteiger partial charge on any atom is -0.368 e. The maximum absolute atomic E-state index is 14.7. The van der Waals surface area contributed by atoms with Crippen LogP contribution in [0.5, 0.6) is 0 Å². The van der Waals surface area contributed by atoms with Gasteiger partial charge in [-0.15, -0.1) is 0 Å². The summed E-state index contributed by atoms with van der Waals surface area (Å²) in [5.74, 6) is -0.979. The number of nitrogens with zero attached hydrogens (tertiary/aromatic N) is 3. The van der Waals surface area contributed by atoms with Crippen molar-refractivity contribution in [1.82, 2.24) is 4.90 Å². The Hall–Kier alpha value is -4.30. The maximum Gasteiger partial charge on any atom is 0.259 e. The largest absolute Gasteiger partial charge is 0.368 e. The molecule has 0 radical (unpaired) electrons. The van der Waals surface area contributed by atoms with E-state index < -0.39 is 16.6 Å². The van der Waals surface area contributed by atoms with Crippen molar-refractivity contribution >= 4 is 34.0 Å². The van der Waals surface area contributed by atoms with Crippen LogP contribution in [0.15, 0.2) is 107 Å². The van der Waals surface area contributed by atoms with E-state index in [9.17, 15) is 18.2 Å². The topological polar surface area (TPSA) is 60.9 Å². The molecule has 39 heavy (non-hydrogen) atoms. The quantitative estimate of drug-likeness (QED) is 0.362. The van der Waals surface area contributed by atoms with Crippen LogP contribution in [0.1, 0.15) is 26.3 Å². The van der Waals surface area contributed by atoms with Gasteiger partial charge in [0.05, 0.1) is 38.4 Å². The van der Waals surface area contributed by atoms with Crippen molar-refractivity contribution in [2.75, 3.05) is 36.0 Å². The van der Waals surface area contributed by atoms with Crippen molar-refractivity contribution in [2.24, 2.45) is 0 Å². The summed E-state index contributed by atoms with van der Waals surface area (Å²) in [6, 6.07) is 28.1. The van der Waals surface area contributed by atoms with Crippen LogP contribution >= 0.6 is 0 Å². The number of hydrogen-bond acceptors (Lipinski definition) is 4. The lowest BCUT2D eigenvalue weighted by atomic mass is 10.1. The van der Waals surface area contributed by atoms with Crippen LogP contribution in [0.3, 0.4) is 0 Å². The summed E-state index contributed by atoms with van der Waals surface area (Å²) < 4.78 is 28.3. The van der Waals surface area contributed by atoms with Gasteiger partial charge in [-0.3, -0.25) is 9.59 Å². The summed E-state index contributed by atoms with van der Waals surface area (Å²) in [6.07, 6.45) is 0. The number of piperazine rings is 1. The lowest BCUT2D eigenvalue weighted by Gasteiger charge is -2.36. The number of carbonyl (C=O) groups excluding carboxylic acids is 2. The van der Waals surface area contributed by atoms with E-state index >= 15 is 0 Å². The third-order valence-corrected chi connectivity index (χ3v) is 8.73. The van der Waals surface area contributed by atoms with Gasteiger partial charge in [0.1, 0.15) is 5.82 Å². The highest BCUT2D eigenvalue weighted by Crippen LogP contribution is 2.36. The number of rotatable bonds is 4. The molecule has 1 fully saturated rings. The molecular formula is C31H26FN3O3S. The normalized spacial score (nSPS) is 16.9. The van der Waals surface area contributed by atoms with Crippen LogP contribution in [-0.4, -0.2) is 47.1 Å². The summed E-state index contributed by atoms with van der Waals surface area (Å²) in [7, 11) is -1.65. The molecule has 4 aromatic carbocycles. The van der Waals surface area contributed by atoms with Gasteiger partial charge in [0.15, 0.2) is 0 Å². The Bertz CT molecular complexity index is 1590. The Morgan fingerprint density at radius 3 is 2.26 bits per heavy atom. The smallest absolute Gasteiger partial charge is 0.259 e. The maximum atomic E-state index is 14.7. The molecule has 1 atom stereocenters. The Morgan fingerprint density at radius 1 is 0.795 bits per heavy atom. The molecule has 0 unspecified atom stereocenters. The summed E-state index contributed by atoms with van der Waals surface area (Å²) >= 11 is 0. The number of fused-ring (bicyclic) bond motifs is 2. The van der Waals surface area contributed by atoms with E-state index in [4.69, 9.17) is 0 Å². The van der Waals surface area contributed by atoms with Crippen LogP contribution in [-0.2, 0) is 17.3 Å². The molecular weight excluding hydrogens is 513 g/mol. The third-order valence-electron chi connectivity index (χ3n) is 7.23. The van der Waals surface area contributed by atoms with Crippen LogP contribution in [0.4, 0.5) is 15.8 Å². The number of benzene rings is 4. The average Bonchev–Trinajstić information content (AvgIpc) is 3.07. The zero-order valence-electron chi connectivity index (χ0n) is 21.1. The molecule has 8 heteroatoms. The van der Waals surface area contributed by atoms with Gasteiger partial charge in [0.2, 0.25) is 0 Å². The molecule has 4 aromatic rings. The van der Waals surface area contributed by atoms with E-state index in [2.05, 4.69) is 17.0 Å². The van der Waals surface area contributed by atoms with Gasteiger partial charge in [0.25, 0.3) is 11.8 Å². The van der Waals surface area contributed by atoms with Crippen LogP contribution in [0.2, 0.25) is 0 Å². The highest BCUT2D eigenvalue weighted by molar-refractivity contribution is 7.85. The summed E-state index contributed by atoms with van der Waals surface area (Å²) in [6.45, 7) is 2.47. The second kappa shape index (κ2) is 10.5. The SMILES string of the molecule is O=C(c1ccc2c(c1)N(Cc1ccccc1F)C(=O)c1ccccc1[S@@]2=O)N1CCN(c2ccccc2)CC1. The van der Waals surface area contributed by atoms with Crippen LogP contribution in [0.25, 0.3) is 0 Å².